The largest absolute Gasteiger partial charge is 0.497 e. The van der Waals surface area contributed by atoms with Crippen molar-refractivity contribution in [2.24, 2.45) is 5.92 Å². The van der Waals surface area contributed by atoms with Gasteiger partial charge in [-0.1, -0.05) is 27.7 Å². The standard InChI is InChI=1S/C16H23NO/c1-11(2)14-6-5-9-18-10-13-7-8-17-16(12(3)4)15(13)14/h5,7-9,11-12,14H,6,10H2,1-4H3/b9-5-. The van der Waals surface area contributed by atoms with Gasteiger partial charge in [0.2, 0.25) is 0 Å². The van der Waals surface area contributed by atoms with E-state index in [0.29, 0.717) is 24.4 Å². The fourth-order valence-electron chi connectivity index (χ4n) is 2.68. The second kappa shape index (κ2) is 5.55. The molecule has 1 atom stereocenters. The lowest BCUT2D eigenvalue weighted by atomic mass is 9.80. The van der Waals surface area contributed by atoms with E-state index in [0.717, 1.165) is 6.42 Å². The fourth-order valence-corrected chi connectivity index (χ4v) is 2.68. The van der Waals surface area contributed by atoms with Crippen molar-refractivity contribution in [1.29, 1.82) is 0 Å². The Labute approximate surface area is 110 Å². The monoisotopic (exact) mass is 245 g/mol. The van der Waals surface area contributed by atoms with E-state index in [-0.39, 0.29) is 0 Å². The van der Waals surface area contributed by atoms with Crippen molar-refractivity contribution in [3.8, 4) is 0 Å². The molecule has 2 rings (SSSR count). The third kappa shape index (κ3) is 2.58. The molecule has 1 aromatic heterocycles. The summed E-state index contributed by atoms with van der Waals surface area (Å²) >= 11 is 0. The summed E-state index contributed by atoms with van der Waals surface area (Å²) in [4.78, 5) is 4.62. The highest BCUT2D eigenvalue weighted by atomic mass is 16.5. The molecule has 0 fully saturated rings. The Morgan fingerprint density at radius 3 is 2.72 bits per heavy atom. The molecular formula is C16H23NO. The number of fused-ring (bicyclic) bond motifs is 1. The predicted molar refractivity (Wildman–Crippen MR) is 74.5 cm³/mol. The summed E-state index contributed by atoms with van der Waals surface area (Å²) in [7, 11) is 0. The molecule has 0 aromatic carbocycles. The summed E-state index contributed by atoms with van der Waals surface area (Å²) in [6.07, 6.45) is 6.94. The molecule has 0 aliphatic carbocycles. The SMILES string of the molecule is CC(C)c1nccc2c1C(C(C)C)C/C=C\OC2. The fraction of sp³-hybridized carbons (Fsp3) is 0.562. The molecule has 0 spiro atoms. The van der Waals surface area contributed by atoms with Gasteiger partial charge in [0.25, 0.3) is 0 Å². The van der Waals surface area contributed by atoms with Crippen molar-refractivity contribution in [1.82, 2.24) is 4.98 Å². The molecule has 0 saturated carbocycles. The maximum absolute atomic E-state index is 5.56. The molecule has 18 heavy (non-hydrogen) atoms. The van der Waals surface area contributed by atoms with Crippen LogP contribution in [0.1, 0.15) is 62.8 Å². The summed E-state index contributed by atoms with van der Waals surface area (Å²) in [5.74, 6) is 1.63. The van der Waals surface area contributed by atoms with E-state index in [9.17, 15) is 0 Å². The topological polar surface area (TPSA) is 22.1 Å². The van der Waals surface area contributed by atoms with Crippen LogP contribution in [0.3, 0.4) is 0 Å². The summed E-state index contributed by atoms with van der Waals surface area (Å²) in [5, 5.41) is 0. The van der Waals surface area contributed by atoms with Crippen LogP contribution in [-0.2, 0) is 11.3 Å². The number of nitrogens with zero attached hydrogens (tertiary/aromatic N) is 1. The summed E-state index contributed by atoms with van der Waals surface area (Å²) in [6.45, 7) is 9.69. The van der Waals surface area contributed by atoms with Crippen LogP contribution in [0, 0.1) is 5.92 Å². The van der Waals surface area contributed by atoms with Gasteiger partial charge in [0.05, 0.1) is 6.26 Å². The number of allylic oxidation sites excluding steroid dienone is 1. The number of aromatic nitrogens is 1. The van der Waals surface area contributed by atoms with Crippen LogP contribution in [0.25, 0.3) is 0 Å². The van der Waals surface area contributed by atoms with E-state index in [2.05, 4.69) is 44.8 Å². The van der Waals surface area contributed by atoms with Gasteiger partial charge in [0.15, 0.2) is 0 Å². The highest BCUT2D eigenvalue weighted by molar-refractivity contribution is 5.36. The minimum absolute atomic E-state index is 0.463. The van der Waals surface area contributed by atoms with Crippen molar-refractivity contribution >= 4 is 0 Å². The molecule has 0 bridgehead atoms. The van der Waals surface area contributed by atoms with Crippen LogP contribution in [0.4, 0.5) is 0 Å². The molecular weight excluding hydrogens is 222 g/mol. The van der Waals surface area contributed by atoms with Crippen molar-refractivity contribution in [3.63, 3.8) is 0 Å². The number of pyridine rings is 1. The Kier molecular flexibility index (Phi) is 4.05. The zero-order chi connectivity index (χ0) is 13.1. The van der Waals surface area contributed by atoms with Crippen LogP contribution in [0.2, 0.25) is 0 Å². The Balaban J connectivity index is 2.54. The van der Waals surface area contributed by atoms with Crippen molar-refractivity contribution in [2.45, 2.75) is 52.6 Å². The number of rotatable bonds is 2. The first-order valence-electron chi connectivity index (χ1n) is 6.85. The molecule has 0 saturated heterocycles. The molecule has 2 heteroatoms. The Bertz CT molecular complexity index is 435. The van der Waals surface area contributed by atoms with Crippen LogP contribution in [0.5, 0.6) is 0 Å². The van der Waals surface area contributed by atoms with Gasteiger partial charge in [0, 0.05) is 11.9 Å². The Morgan fingerprint density at radius 1 is 1.28 bits per heavy atom. The van der Waals surface area contributed by atoms with Crippen molar-refractivity contribution in [2.75, 3.05) is 0 Å². The quantitative estimate of drug-likeness (QED) is 0.771. The summed E-state index contributed by atoms with van der Waals surface area (Å²) in [6, 6.07) is 2.11. The molecule has 1 aromatic rings. The third-order valence-electron chi connectivity index (χ3n) is 3.65. The minimum Gasteiger partial charge on any atom is -0.497 e. The third-order valence-corrected chi connectivity index (χ3v) is 3.65. The molecule has 98 valence electrons. The van der Waals surface area contributed by atoms with Gasteiger partial charge in [-0.2, -0.15) is 0 Å². The predicted octanol–water partition coefficient (Wildman–Crippen LogP) is 4.38. The smallest absolute Gasteiger partial charge is 0.113 e. The van der Waals surface area contributed by atoms with Gasteiger partial charge in [-0.25, -0.2) is 0 Å². The van der Waals surface area contributed by atoms with E-state index in [1.807, 2.05) is 12.5 Å². The Hall–Kier alpha value is -1.31. The number of hydrogen-bond acceptors (Lipinski definition) is 2. The van der Waals surface area contributed by atoms with Gasteiger partial charge in [-0.05, 0) is 47.4 Å². The van der Waals surface area contributed by atoms with E-state index in [1.54, 1.807) is 0 Å². The Morgan fingerprint density at radius 2 is 2.06 bits per heavy atom. The van der Waals surface area contributed by atoms with E-state index in [4.69, 9.17) is 4.74 Å². The van der Waals surface area contributed by atoms with Crippen LogP contribution in [0.15, 0.2) is 24.6 Å². The second-order valence-electron chi connectivity index (χ2n) is 5.69. The lowest BCUT2D eigenvalue weighted by molar-refractivity contribution is 0.229. The number of hydrogen-bond donors (Lipinski definition) is 0. The minimum atomic E-state index is 0.463. The summed E-state index contributed by atoms with van der Waals surface area (Å²) < 4.78 is 5.56. The molecule has 0 N–H and O–H groups in total. The maximum Gasteiger partial charge on any atom is 0.113 e. The average Bonchev–Trinajstić information content (AvgIpc) is 2.28. The van der Waals surface area contributed by atoms with Gasteiger partial charge >= 0.3 is 0 Å². The highest BCUT2D eigenvalue weighted by Crippen LogP contribution is 2.36. The summed E-state index contributed by atoms with van der Waals surface area (Å²) in [5.41, 5.74) is 3.97. The zero-order valence-electron chi connectivity index (χ0n) is 11.8. The first kappa shape index (κ1) is 13.1. The second-order valence-corrected chi connectivity index (χ2v) is 5.69. The van der Waals surface area contributed by atoms with Crippen LogP contribution >= 0.6 is 0 Å². The van der Waals surface area contributed by atoms with Gasteiger partial charge < -0.3 is 4.74 Å². The van der Waals surface area contributed by atoms with E-state index >= 15 is 0 Å². The molecule has 1 unspecified atom stereocenters. The molecule has 2 nitrogen and oxygen atoms in total. The lowest BCUT2D eigenvalue weighted by Crippen LogP contribution is -2.15. The van der Waals surface area contributed by atoms with Crippen molar-refractivity contribution < 1.29 is 4.74 Å². The van der Waals surface area contributed by atoms with Crippen LogP contribution in [-0.4, -0.2) is 4.98 Å². The molecule has 0 radical (unpaired) electrons. The van der Waals surface area contributed by atoms with Gasteiger partial charge in [-0.3, -0.25) is 4.98 Å². The first-order valence-corrected chi connectivity index (χ1v) is 6.85. The number of ether oxygens (including phenoxy) is 1. The van der Waals surface area contributed by atoms with E-state index < -0.39 is 0 Å². The van der Waals surface area contributed by atoms with Gasteiger partial charge in [0.1, 0.15) is 6.61 Å². The molecule has 0 amide bonds. The maximum atomic E-state index is 5.56. The highest BCUT2D eigenvalue weighted by Gasteiger charge is 2.24. The first-order chi connectivity index (χ1) is 8.61. The molecule has 2 heterocycles. The van der Waals surface area contributed by atoms with Gasteiger partial charge in [-0.15, -0.1) is 0 Å². The normalized spacial score (nSPS) is 21.1. The zero-order valence-corrected chi connectivity index (χ0v) is 11.8. The average molecular weight is 245 g/mol. The van der Waals surface area contributed by atoms with E-state index in [1.165, 1.54) is 16.8 Å². The lowest BCUT2D eigenvalue weighted by Gasteiger charge is -2.27. The van der Waals surface area contributed by atoms with Crippen molar-refractivity contribution in [3.05, 3.63) is 41.4 Å². The molecule has 1 aliphatic heterocycles. The van der Waals surface area contributed by atoms with Crippen LogP contribution < -0.4 is 0 Å². The molecule has 1 aliphatic rings.